The second kappa shape index (κ2) is 9.46. The highest BCUT2D eigenvalue weighted by atomic mass is 16.4. The first-order valence-electron chi connectivity index (χ1n) is 3.16. The smallest absolute Gasteiger partial charge is 0.414 e. The van der Waals surface area contributed by atoms with E-state index >= 15 is 0 Å². The summed E-state index contributed by atoms with van der Waals surface area (Å²) in [4.78, 5) is 18.2. The molecule has 0 spiro atoms. The maximum absolute atomic E-state index is 9.10. The zero-order valence-electron chi connectivity index (χ0n) is 6.49. The number of unbranched alkanes of at least 4 members (excludes halogenated alkanes) is 1. The molecule has 5 heteroatoms. The van der Waals surface area contributed by atoms with Gasteiger partial charge in [-0.25, -0.2) is 9.59 Å². The standard InChI is InChI=1S/C5H9N.C2H2O4/c1-2-3-4-5-6;3-1(4)2(5)6/h1H,3-6H2;(H,3,4)(H,5,6). The highest BCUT2D eigenvalue weighted by molar-refractivity contribution is 6.27. The highest BCUT2D eigenvalue weighted by Crippen LogP contribution is 1.77. The molecule has 0 rings (SSSR count). The fourth-order valence-corrected chi connectivity index (χ4v) is 0.204. The molecule has 4 N–H and O–H groups in total. The fourth-order valence-electron chi connectivity index (χ4n) is 0.204. The van der Waals surface area contributed by atoms with Gasteiger partial charge in [-0.3, -0.25) is 0 Å². The highest BCUT2D eigenvalue weighted by Gasteiger charge is 2.04. The number of hydrogen-bond donors (Lipinski definition) is 3. The molecule has 0 saturated carbocycles. The quantitative estimate of drug-likeness (QED) is 0.297. The molecule has 0 bridgehead atoms. The van der Waals surface area contributed by atoms with Gasteiger partial charge in [-0.1, -0.05) is 0 Å². The number of terminal acetylenes is 1. The van der Waals surface area contributed by atoms with Crippen LogP contribution in [0.2, 0.25) is 0 Å². The van der Waals surface area contributed by atoms with Gasteiger partial charge in [-0.2, -0.15) is 0 Å². The van der Waals surface area contributed by atoms with Crippen molar-refractivity contribution in [3.63, 3.8) is 0 Å². The summed E-state index contributed by atoms with van der Waals surface area (Å²) in [6.45, 7) is 0.712. The summed E-state index contributed by atoms with van der Waals surface area (Å²) in [5.41, 5.74) is 5.12. The molecule has 0 saturated heterocycles. The molecule has 68 valence electrons. The lowest BCUT2D eigenvalue weighted by molar-refractivity contribution is -0.159. The van der Waals surface area contributed by atoms with E-state index in [-0.39, 0.29) is 0 Å². The van der Waals surface area contributed by atoms with Crippen LogP contribution in [-0.2, 0) is 9.59 Å². The summed E-state index contributed by atoms with van der Waals surface area (Å²) in [5.74, 6) is -1.16. The minimum atomic E-state index is -1.82. The molecule has 0 amide bonds. The largest absolute Gasteiger partial charge is 0.473 e. The Kier molecular flexibility index (Phi) is 10.3. The zero-order valence-corrected chi connectivity index (χ0v) is 6.49. The van der Waals surface area contributed by atoms with E-state index < -0.39 is 11.9 Å². The van der Waals surface area contributed by atoms with Crippen molar-refractivity contribution in [3.8, 4) is 12.3 Å². The van der Waals surface area contributed by atoms with E-state index in [0.29, 0.717) is 6.54 Å². The number of carbonyl (C=O) groups is 2. The second-order valence-electron chi connectivity index (χ2n) is 1.71. The monoisotopic (exact) mass is 173 g/mol. The number of nitrogens with two attached hydrogens (primary N) is 1. The van der Waals surface area contributed by atoms with Gasteiger partial charge in [0.15, 0.2) is 0 Å². The summed E-state index contributed by atoms with van der Waals surface area (Å²) >= 11 is 0. The predicted octanol–water partition coefficient (Wildman–Crippen LogP) is -0.486. The first-order chi connectivity index (χ1) is 5.56. The Morgan fingerprint density at radius 1 is 1.33 bits per heavy atom. The van der Waals surface area contributed by atoms with Gasteiger partial charge in [0.2, 0.25) is 0 Å². The van der Waals surface area contributed by atoms with E-state index in [1.165, 1.54) is 0 Å². The molecule has 0 aliphatic heterocycles. The van der Waals surface area contributed by atoms with Gasteiger partial charge >= 0.3 is 11.9 Å². The van der Waals surface area contributed by atoms with Crippen molar-refractivity contribution in [1.82, 2.24) is 0 Å². The van der Waals surface area contributed by atoms with Crippen LogP contribution in [0.1, 0.15) is 12.8 Å². The Morgan fingerprint density at radius 2 is 1.75 bits per heavy atom. The van der Waals surface area contributed by atoms with Gasteiger partial charge in [0, 0.05) is 6.42 Å². The molecule has 5 nitrogen and oxygen atoms in total. The number of rotatable bonds is 2. The van der Waals surface area contributed by atoms with E-state index in [4.69, 9.17) is 32.0 Å². The molecule has 0 unspecified atom stereocenters. The van der Waals surface area contributed by atoms with E-state index in [1.807, 2.05) is 0 Å². The molecule has 12 heavy (non-hydrogen) atoms. The Labute approximate surface area is 70.2 Å². The Bertz CT molecular complexity index is 170. The Hall–Kier alpha value is -1.54. The lowest BCUT2D eigenvalue weighted by atomic mass is 10.3. The summed E-state index contributed by atoms with van der Waals surface area (Å²) < 4.78 is 0. The minimum absolute atomic E-state index is 0.712. The van der Waals surface area contributed by atoms with Gasteiger partial charge in [-0.05, 0) is 13.0 Å². The number of aliphatic carboxylic acids is 2. The van der Waals surface area contributed by atoms with Gasteiger partial charge in [0.05, 0.1) is 0 Å². The van der Waals surface area contributed by atoms with Crippen molar-refractivity contribution in [2.75, 3.05) is 6.54 Å². The molecule has 0 aromatic carbocycles. The average Bonchev–Trinajstić information content (AvgIpc) is 2.02. The number of carboxylic acids is 2. The summed E-state index contributed by atoms with van der Waals surface area (Å²) in [5, 5.41) is 14.8. The SMILES string of the molecule is C#CCCCN.O=C(O)C(=O)O. The van der Waals surface area contributed by atoms with Crippen molar-refractivity contribution < 1.29 is 19.8 Å². The van der Waals surface area contributed by atoms with Crippen molar-refractivity contribution in [3.05, 3.63) is 0 Å². The molecule has 0 aliphatic rings. The molecule has 0 aromatic heterocycles. The van der Waals surface area contributed by atoms with Crippen LogP contribution in [0.4, 0.5) is 0 Å². The van der Waals surface area contributed by atoms with Gasteiger partial charge in [0.1, 0.15) is 0 Å². The molecule has 0 aliphatic carbocycles. The van der Waals surface area contributed by atoms with Crippen LogP contribution in [-0.4, -0.2) is 28.7 Å². The molecule has 0 aromatic rings. The summed E-state index contributed by atoms with van der Waals surface area (Å²) in [6.07, 6.45) is 6.68. The van der Waals surface area contributed by atoms with Gasteiger partial charge in [0.25, 0.3) is 0 Å². The Morgan fingerprint density at radius 3 is 1.83 bits per heavy atom. The third-order valence-electron chi connectivity index (χ3n) is 0.708. The third kappa shape index (κ3) is 15.8. The van der Waals surface area contributed by atoms with Crippen molar-refractivity contribution in [2.45, 2.75) is 12.8 Å². The molecule has 0 fully saturated rings. The summed E-state index contributed by atoms with van der Waals surface area (Å²) in [7, 11) is 0. The van der Waals surface area contributed by atoms with Crippen molar-refractivity contribution >= 4 is 11.9 Å². The first kappa shape index (κ1) is 13.1. The molecular formula is C7H11NO4. The minimum Gasteiger partial charge on any atom is -0.473 e. The van der Waals surface area contributed by atoms with E-state index in [2.05, 4.69) is 5.92 Å². The lowest BCUT2D eigenvalue weighted by Crippen LogP contribution is -2.09. The summed E-state index contributed by atoms with van der Waals surface area (Å²) in [6, 6.07) is 0. The maximum atomic E-state index is 9.10. The van der Waals surface area contributed by atoms with E-state index in [0.717, 1.165) is 12.8 Å². The van der Waals surface area contributed by atoms with Gasteiger partial charge < -0.3 is 15.9 Å². The zero-order chi connectivity index (χ0) is 9.98. The van der Waals surface area contributed by atoms with E-state index in [9.17, 15) is 0 Å². The normalized spacial score (nSPS) is 7.33. The number of hydrogen-bond acceptors (Lipinski definition) is 3. The molecular weight excluding hydrogens is 162 g/mol. The third-order valence-corrected chi connectivity index (χ3v) is 0.708. The van der Waals surface area contributed by atoms with Gasteiger partial charge in [-0.15, -0.1) is 12.3 Å². The van der Waals surface area contributed by atoms with Crippen LogP contribution in [0.3, 0.4) is 0 Å². The lowest BCUT2D eigenvalue weighted by Gasteiger charge is -1.80. The molecule has 0 radical (unpaired) electrons. The van der Waals surface area contributed by atoms with Crippen molar-refractivity contribution in [2.24, 2.45) is 5.73 Å². The van der Waals surface area contributed by atoms with Crippen LogP contribution < -0.4 is 5.73 Å². The number of carboxylic acid groups (broad SMARTS) is 2. The van der Waals surface area contributed by atoms with Crippen LogP contribution in [0, 0.1) is 12.3 Å². The Balaban J connectivity index is 0. The molecule has 0 heterocycles. The first-order valence-corrected chi connectivity index (χ1v) is 3.16. The fraction of sp³-hybridized carbons (Fsp3) is 0.429. The predicted molar refractivity (Wildman–Crippen MR) is 42.4 cm³/mol. The van der Waals surface area contributed by atoms with E-state index in [1.54, 1.807) is 0 Å². The van der Waals surface area contributed by atoms with Crippen LogP contribution in [0.25, 0.3) is 0 Å². The maximum Gasteiger partial charge on any atom is 0.414 e. The van der Waals surface area contributed by atoms with Crippen LogP contribution >= 0.6 is 0 Å². The average molecular weight is 173 g/mol. The second-order valence-corrected chi connectivity index (χ2v) is 1.71. The van der Waals surface area contributed by atoms with Crippen molar-refractivity contribution in [1.29, 1.82) is 0 Å². The van der Waals surface area contributed by atoms with Crippen LogP contribution in [0.5, 0.6) is 0 Å². The van der Waals surface area contributed by atoms with Crippen LogP contribution in [0.15, 0.2) is 0 Å². The topological polar surface area (TPSA) is 101 Å². The molecule has 0 atom stereocenters.